The van der Waals surface area contributed by atoms with E-state index in [1.807, 2.05) is 6.07 Å². The van der Waals surface area contributed by atoms with Crippen molar-refractivity contribution < 1.29 is 9.72 Å². The lowest BCUT2D eigenvalue weighted by atomic mass is 9.97. The fourth-order valence-corrected chi connectivity index (χ4v) is 2.38. The molecule has 0 atom stereocenters. The van der Waals surface area contributed by atoms with Gasteiger partial charge in [0.15, 0.2) is 5.78 Å². The summed E-state index contributed by atoms with van der Waals surface area (Å²) in [4.78, 5) is 23.4. The summed E-state index contributed by atoms with van der Waals surface area (Å²) >= 11 is 0. The molecular weight excluding hydrogens is 266 g/mol. The first kappa shape index (κ1) is 13.0. The van der Waals surface area contributed by atoms with Crippen molar-refractivity contribution in [3.63, 3.8) is 0 Å². The minimum absolute atomic E-state index is 0.116. The molecule has 0 aliphatic rings. The number of benzene rings is 3. The number of rotatable bonds is 3. The van der Waals surface area contributed by atoms with E-state index in [9.17, 15) is 14.9 Å². The SMILES string of the molecule is O=C(c1ccccc1)c1ccc2ccccc2c1[N+](=O)[O-]. The van der Waals surface area contributed by atoms with Crippen molar-refractivity contribution in [2.75, 3.05) is 0 Å². The Balaban J connectivity index is 2.26. The Morgan fingerprint density at radius 1 is 0.857 bits per heavy atom. The smallest absolute Gasteiger partial charge is 0.288 e. The molecule has 3 rings (SSSR count). The highest BCUT2D eigenvalue weighted by Crippen LogP contribution is 2.31. The molecule has 0 fully saturated rings. The molecule has 0 aliphatic heterocycles. The normalized spacial score (nSPS) is 10.5. The third-order valence-electron chi connectivity index (χ3n) is 3.36. The highest BCUT2D eigenvalue weighted by atomic mass is 16.6. The third-order valence-corrected chi connectivity index (χ3v) is 3.36. The Morgan fingerprint density at radius 3 is 2.24 bits per heavy atom. The second-order valence-electron chi connectivity index (χ2n) is 4.64. The quantitative estimate of drug-likeness (QED) is 0.413. The summed E-state index contributed by atoms with van der Waals surface area (Å²) < 4.78 is 0. The van der Waals surface area contributed by atoms with Gasteiger partial charge in [-0.1, -0.05) is 54.6 Å². The Morgan fingerprint density at radius 2 is 1.52 bits per heavy atom. The molecule has 0 radical (unpaired) electrons. The molecule has 0 saturated carbocycles. The molecule has 3 aromatic rings. The van der Waals surface area contributed by atoms with Crippen LogP contribution in [-0.4, -0.2) is 10.7 Å². The second-order valence-corrected chi connectivity index (χ2v) is 4.64. The lowest BCUT2D eigenvalue weighted by Crippen LogP contribution is -2.05. The second kappa shape index (κ2) is 5.17. The topological polar surface area (TPSA) is 60.2 Å². The minimum Gasteiger partial charge on any atom is -0.288 e. The first-order valence-corrected chi connectivity index (χ1v) is 6.44. The van der Waals surface area contributed by atoms with E-state index in [2.05, 4.69) is 0 Å². The van der Waals surface area contributed by atoms with Crippen molar-refractivity contribution >= 4 is 22.2 Å². The summed E-state index contributed by atoms with van der Waals surface area (Å²) in [5.74, 6) is -0.340. The zero-order valence-corrected chi connectivity index (χ0v) is 11.0. The lowest BCUT2D eigenvalue weighted by Gasteiger charge is -2.06. The maximum Gasteiger partial charge on any atom is 0.288 e. The average molecular weight is 277 g/mol. The van der Waals surface area contributed by atoms with Crippen molar-refractivity contribution in [2.45, 2.75) is 0 Å². The van der Waals surface area contributed by atoms with Crippen LogP contribution in [-0.2, 0) is 0 Å². The molecule has 0 unspecified atom stereocenters. The monoisotopic (exact) mass is 277 g/mol. The van der Waals surface area contributed by atoms with Gasteiger partial charge in [0, 0.05) is 5.56 Å². The number of carbonyl (C=O) groups excluding carboxylic acids is 1. The van der Waals surface area contributed by atoms with Gasteiger partial charge in [-0.05, 0) is 17.5 Å². The number of fused-ring (bicyclic) bond motifs is 1. The Kier molecular flexibility index (Phi) is 3.20. The molecule has 0 bridgehead atoms. The van der Waals surface area contributed by atoms with Crippen LogP contribution in [0.5, 0.6) is 0 Å². The number of hydrogen-bond donors (Lipinski definition) is 0. The van der Waals surface area contributed by atoms with Crippen LogP contribution in [0.3, 0.4) is 0 Å². The van der Waals surface area contributed by atoms with E-state index in [0.29, 0.717) is 10.9 Å². The van der Waals surface area contributed by atoms with Gasteiger partial charge in [0.2, 0.25) is 0 Å². The molecule has 0 spiro atoms. The molecule has 0 N–H and O–H groups in total. The molecule has 4 nitrogen and oxygen atoms in total. The number of nitrogens with zero attached hydrogens (tertiary/aromatic N) is 1. The summed E-state index contributed by atoms with van der Waals surface area (Å²) in [6.07, 6.45) is 0. The number of carbonyl (C=O) groups is 1. The van der Waals surface area contributed by atoms with E-state index in [4.69, 9.17) is 0 Å². The van der Waals surface area contributed by atoms with Gasteiger partial charge in [-0.25, -0.2) is 0 Å². The third kappa shape index (κ3) is 2.27. The summed E-state index contributed by atoms with van der Waals surface area (Å²) in [5.41, 5.74) is 0.419. The molecule has 0 aromatic heterocycles. The fourth-order valence-electron chi connectivity index (χ4n) is 2.38. The fraction of sp³-hybridized carbons (Fsp3) is 0. The van der Waals surface area contributed by atoms with E-state index in [1.54, 1.807) is 54.6 Å². The van der Waals surface area contributed by atoms with Gasteiger partial charge in [-0.15, -0.1) is 0 Å². The van der Waals surface area contributed by atoms with Gasteiger partial charge >= 0.3 is 0 Å². The van der Waals surface area contributed by atoms with Gasteiger partial charge in [-0.3, -0.25) is 14.9 Å². The van der Waals surface area contributed by atoms with E-state index in [0.717, 1.165) is 5.39 Å². The Bertz CT molecular complexity index is 841. The largest absolute Gasteiger partial charge is 0.288 e. The minimum atomic E-state index is -0.488. The first-order valence-electron chi connectivity index (χ1n) is 6.44. The molecule has 0 heterocycles. The van der Waals surface area contributed by atoms with Gasteiger partial charge in [0.05, 0.1) is 10.3 Å². The van der Waals surface area contributed by atoms with E-state index in [1.165, 1.54) is 6.07 Å². The zero-order valence-electron chi connectivity index (χ0n) is 11.0. The van der Waals surface area contributed by atoms with Crippen LogP contribution in [0.1, 0.15) is 15.9 Å². The predicted molar refractivity (Wildman–Crippen MR) is 80.5 cm³/mol. The molecule has 102 valence electrons. The van der Waals surface area contributed by atoms with Crippen LogP contribution >= 0.6 is 0 Å². The number of hydrogen-bond acceptors (Lipinski definition) is 3. The highest BCUT2D eigenvalue weighted by Gasteiger charge is 2.23. The predicted octanol–water partition coefficient (Wildman–Crippen LogP) is 3.98. The van der Waals surface area contributed by atoms with Crippen molar-refractivity contribution in [1.29, 1.82) is 0 Å². The summed E-state index contributed by atoms with van der Waals surface area (Å²) in [6, 6.07) is 18.8. The Labute approximate surface area is 120 Å². The lowest BCUT2D eigenvalue weighted by molar-refractivity contribution is -0.383. The number of nitro groups is 1. The molecule has 0 aliphatic carbocycles. The highest BCUT2D eigenvalue weighted by molar-refractivity contribution is 6.15. The van der Waals surface area contributed by atoms with Crippen LogP contribution in [0, 0.1) is 10.1 Å². The van der Waals surface area contributed by atoms with Crippen molar-refractivity contribution in [3.05, 3.63) is 88.0 Å². The van der Waals surface area contributed by atoms with Crippen LogP contribution in [0.2, 0.25) is 0 Å². The van der Waals surface area contributed by atoms with Crippen molar-refractivity contribution in [2.24, 2.45) is 0 Å². The van der Waals surface area contributed by atoms with Crippen LogP contribution in [0.4, 0.5) is 5.69 Å². The summed E-state index contributed by atoms with van der Waals surface area (Å²) in [6.45, 7) is 0. The molecule has 3 aromatic carbocycles. The maximum absolute atomic E-state index is 12.5. The van der Waals surface area contributed by atoms with Gasteiger partial charge in [0.25, 0.3) is 5.69 Å². The van der Waals surface area contributed by atoms with Gasteiger partial charge in [0.1, 0.15) is 5.56 Å². The summed E-state index contributed by atoms with van der Waals surface area (Å²) in [5, 5.41) is 12.6. The molecule has 4 heteroatoms. The molecular formula is C17H11NO3. The number of ketones is 1. The van der Waals surface area contributed by atoms with E-state index in [-0.39, 0.29) is 17.0 Å². The van der Waals surface area contributed by atoms with E-state index >= 15 is 0 Å². The summed E-state index contributed by atoms with van der Waals surface area (Å²) in [7, 11) is 0. The average Bonchev–Trinajstić information content (AvgIpc) is 2.53. The Hall–Kier alpha value is -3.01. The van der Waals surface area contributed by atoms with Gasteiger partial charge in [-0.2, -0.15) is 0 Å². The van der Waals surface area contributed by atoms with E-state index < -0.39 is 4.92 Å². The van der Waals surface area contributed by atoms with Crippen molar-refractivity contribution in [3.8, 4) is 0 Å². The van der Waals surface area contributed by atoms with Crippen LogP contribution < -0.4 is 0 Å². The molecule has 0 saturated heterocycles. The molecule has 0 amide bonds. The standard InChI is InChI=1S/C17H11NO3/c19-17(13-7-2-1-3-8-13)15-11-10-12-6-4-5-9-14(12)16(15)18(20)21/h1-11H. The number of nitro benzene ring substituents is 1. The molecule has 21 heavy (non-hydrogen) atoms. The van der Waals surface area contributed by atoms with Crippen LogP contribution in [0.15, 0.2) is 66.7 Å². The van der Waals surface area contributed by atoms with Crippen molar-refractivity contribution in [1.82, 2.24) is 0 Å². The van der Waals surface area contributed by atoms with Gasteiger partial charge < -0.3 is 0 Å². The van der Waals surface area contributed by atoms with Crippen LogP contribution in [0.25, 0.3) is 10.8 Å². The maximum atomic E-state index is 12.5. The first-order chi connectivity index (χ1) is 10.2. The zero-order chi connectivity index (χ0) is 14.8.